The number of hydrogen-bond donors (Lipinski definition) is 0. The first-order valence-corrected chi connectivity index (χ1v) is 11.1. The molecule has 4 rings (SSSR count). The zero-order chi connectivity index (χ0) is 23.5. The highest BCUT2D eigenvalue weighted by atomic mass is 35.5. The van der Waals surface area contributed by atoms with E-state index in [0.717, 1.165) is 16.7 Å². The molecule has 1 aliphatic heterocycles. The number of rotatable bonds is 6. The van der Waals surface area contributed by atoms with Crippen LogP contribution >= 0.6 is 35.0 Å². The summed E-state index contributed by atoms with van der Waals surface area (Å²) in [7, 11) is 1.42. The Balaban J connectivity index is 1.54. The number of carbonyl (C=O) groups is 3. The molecule has 3 aromatic rings. The zero-order valence-electron chi connectivity index (χ0n) is 17.0. The Bertz CT molecular complexity index is 1250. The summed E-state index contributed by atoms with van der Waals surface area (Å²) in [6.07, 6.45) is 2.92. The summed E-state index contributed by atoms with van der Waals surface area (Å²) in [6, 6.07) is 12.8. The van der Waals surface area contributed by atoms with E-state index in [1.54, 1.807) is 42.5 Å². The summed E-state index contributed by atoms with van der Waals surface area (Å²) < 4.78 is 15.6. The lowest BCUT2D eigenvalue weighted by atomic mass is 10.1. The number of amides is 2. The number of thioether (sulfide) groups is 1. The number of imide groups is 1. The van der Waals surface area contributed by atoms with Crippen LogP contribution in [-0.2, 0) is 11.3 Å². The Hall–Kier alpha value is -3.20. The maximum Gasteiger partial charge on any atom is 0.379 e. The molecule has 168 valence electrons. The molecule has 33 heavy (non-hydrogen) atoms. The van der Waals surface area contributed by atoms with Gasteiger partial charge in [-0.3, -0.25) is 14.5 Å². The fourth-order valence-electron chi connectivity index (χ4n) is 3.03. The molecule has 0 radical (unpaired) electrons. The fourth-order valence-corrected chi connectivity index (χ4v) is 4.39. The molecule has 2 aromatic carbocycles. The fraction of sp³-hybridized carbons (Fsp3) is 0.0870. The summed E-state index contributed by atoms with van der Waals surface area (Å²) in [5, 5.41) is 0.308. The standard InChI is InChI=1S/C23H15Cl2NO6S/c1-30-19-10-13(7-8-17(19)32-22(28)18-6-3-9-31-18)11-20-21(27)26(23(29)33-20)12-14-15(24)4-2-5-16(14)25/h2-11H,12H2,1H3/b20-11-. The van der Waals surface area contributed by atoms with Gasteiger partial charge in [0.2, 0.25) is 5.76 Å². The van der Waals surface area contributed by atoms with Crippen molar-refractivity contribution >= 4 is 58.2 Å². The summed E-state index contributed by atoms with van der Waals surface area (Å²) in [4.78, 5) is 38.8. The molecule has 1 fully saturated rings. The van der Waals surface area contributed by atoms with Crippen molar-refractivity contribution in [3.63, 3.8) is 0 Å². The van der Waals surface area contributed by atoms with E-state index in [9.17, 15) is 14.4 Å². The topological polar surface area (TPSA) is 86.0 Å². The molecule has 2 heterocycles. The highest BCUT2D eigenvalue weighted by molar-refractivity contribution is 8.18. The average molecular weight is 504 g/mol. The van der Waals surface area contributed by atoms with E-state index in [2.05, 4.69) is 0 Å². The van der Waals surface area contributed by atoms with Crippen LogP contribution in [0.5, 0.6) is 11.5 Å². The van der Waals surface area contributed by atoms with Crippen LogP contribution in [0, 0.1) is 0 Å². The van der Waals surface area contributed by atoms with E-state index in [1.165, 1.54) is 25.5 Å². The summed E-state index contributed by atoms with van der Waals surface area (Å²) in [6.45, 7) is -0.0362. The molecule has 0 aliphatic carbocycles. The van der Waals surface area contributed by atoms with Crippen molar-refractivity contribution in [1.82, 2.24) is 4.90 Å². The molecule has 0 atom stereocenters. The van der Waals surface area contributed by atoms with Gasteiger partial charge >= 0.3 is 5.97 Å². The maximum atomic E-state index is 12.9. The Morgan fingerprint density at radius 3 is 2.52 bits per heavy atom. The van der Waals surface area contributed by atoms with E-state index in [0.29, 0.717) is 21.2 Å². The molecular weight excluding hydrogens is 489 g/mol. The molecular formula is C23H15Cl2NO6S. The van der Waals surface area contributed by atoms with Gasteiger partial charge < -0.3 is 13.9 Å². The Morgan fingerprint density at radius 2 is 1.85 bits per heavy atom. The van der Waals surface area contributed by atoms with Gasteiger partial charge in [0.25, 0.3) is 11.1 Å². The first-order valence-electron chi connectivity index (χ1n) is 9.49. The van der Waals surface area contributed by atoms with Gasteiger partial charge in [-0.2, -0.15) is 0 Å². The van der Waals surface area contributed by atoms with E-state index in [4.69, 9.17) is 37.1 Å². The Kier molecular flexibility index (Phi) is 6.78. The number of benzene rings is 2. The van der Waals surface area contributed by atoms with Crippen molar-refractivity contribution in [2.75, 3.05) is 7.11 Å². The second kappa shape index (κ2) is 9.74. The van der Waals surface area contributed by atoms with Crippen molar-refractivity contribution in [1.29, 1.82) is 0 Å². The molecule has 2 amide bonds. The first-order chi connectivity index (χ1) is 15.9. The first kappa shape index (κ1) is 23.0. The van der Waals surface area contributed by atoms with Crippen LogP contribution < -0.4 is 9.47 Å². The van der Waals surface area contributed by atoms with Crippen LogP contribution in [0.1, 0.15) is 21.7 Å². The second-order valence-electron chi connectivity index (χ2n) is 6.75. The van der Waals surface area contributed by atoms with Gasteiger partial charge in [0.15, 0.2) is 11.5 Å². The number of furan rings is 1. The third-order valence-electron chi connectivity index (χ3n) is 4.66. The highest BCUT2D eigenvalue weighted by Gasteiger charge is 2.35. The number of halogens is 2. The van der Waals surface area contributed by atoms with Crippen molar-refractivity contribution in [2.45, 2.75) is 6.54 Å². The molecule has 1 aromatic heterocycles. The lowest BCUT2D eigenvalue weighted by molar-refractivity contribution is -0.123. The molecule has 1 aliphatic rings. The smallest absolute Gasteiger partial charge is 0.379 e. The van der Waals surface area contributed by atoms with Crippen LogP contribution in [0.3, 0.4) is 0 Å². The van der Waals surface area contributed by atoms with Gasteiger partial charge in [0, 0.05) is 15.6 Å². The lowest BCUT2D eigenvalue weighted by Crippen LogP contribution is -2.27. The number of carbonyl (C=O) groups excluding carboxylic acids is 3. The lowest BCUT2D eigenvalue weighted by Gasteiger charge is -2.14. The van der Waals surface area contributed by atoms with E-state index in [-0.39, 0.29) is 28.7 Å². The Morgan fingerprint density at radius 1 is 1.09 bits per heavy atom. The molecule has 1 saturated heterocycles. The van der Waals surface area contributed by atoms with Gasteiger partial charge in [-0.05, 0) is 59.8 Å². The van der Waals surface area contributed by atoms with E-state index < -0.39 is 17.1 Å². The molecule has 0 bridgehead atoms. The third kappa shape index (κ3) is 4.93. The number of nitrogens with zero attached hydrogens (tertiary/aromatic N) is 1. The number of methoxy groups -OCH3 is 1. The van der Waals surface area contributed by atoms with Gasteiger partial charge in [0.05, 0.1) is 24.8 Å². The van der Waals surface area contributed by atoms with Crippen LogP contribution in [0.25, 0.3) is 6.08 Å². The van der Waals surface area contributed by atoms with E-state index in [1.807, 2.05) is 0 Å². The van der Waals surface area contributed by atoms with Crippen molar-refractivity contribution in [3.05, 3.63) is 86.6 Å². The normalized spacial score (nSPS) is 14.8. The summed E-state index contributed by atoms with van der Waals surface area (Å²) in [5.41, 5.74) is 1.07. The minimum absolute atomic E-state index is 0.0362. The van der Waals surface area contributed by atoms with Crippen LogP contribution in [0.4, 0.5) is 4.79 Å². The summed E-state index contributed by atoms with van der Waals surface area (Å²) >= 11 is 13.2. The van der Waals surface area contributed by atoms with Gasteiger partial charge in [-0.25, -0.2) is 4.79 Å². The maximum absolute atomic E-state index is 12.9. The van der Waals surface area contributed by atoms with Gasteiger partial charge in [-0.1, -0.05) is 35.3 Å². The number of esters is 1. The highest BCUT2D eigenvalue weighted by Crippen LogP contribution is 2.37. The second-order valence-corrected chi connectivity index (χ2v) is 8.55. The minimum Gasteiger partial charge on any atom is -0.493 e. The van der Waals surface area contributed by atoms with Gasteiger partial charge in [-0.15, -0.1) is 0 Å². The average Bonchev–Trinajstić information content (AvgIpc) is 3.42. The predicted octanol–water partition coefficient (Wildman–Crippen LogP) is 6.05. The Labute approximate surface area is 202 Å². The molecule has 10 heteroatoms. The predicted molar refractivity (Wildman–Crippen MR) is 125 cm³/mol. The van der Waals surface area contributed by atoms with Crippen LogP contribution in [-0.4, -0.2) is 29.1 Å². The van der Waals surface area contributed by atoms with Crippen molar-refractivity contribution in [2.24, 2.45) is 0 Å². The van der Waals surface area contributed by atoms with Gasteiger partial charge in [0.1, 0.15) is 0 Å². The molecule has 0 saturated carbocycles. The van der Waals surface area contributed by atoms with Crippen molar-refractivity contribution < 1.29 is 28.3 Å². The van der Waals surface area contributed by atoms with Crippen LogP contribution in [0.2, 0.25) is 10.0 Å². The SMILES string of the molecule is COc1cc(/C=C2\SC(=O)N(Cc3c(Cl)cccc3Cl)C2=O)ccc1OC(=O)c1ccco1. The molecule has 0 unspecified atom stereocenters. The number of hydrogen-bond acceptors (Lipinski definition) is 7. The van der Waals surface area contributed by atoms with Crippen LogP contribution in [0.15, 0.2) is 64.1 Å². The third-order valence-corrected chi connectivity index (χ3v) is 6.28. The largest absolute Gasteiger partial charge is 0.493 e. The number of ether oxygens (including phenoxy) is 2. The monoisotopic (exact) mass is 503 g/mol. The summed E-state index contributed by atoms with van der Waals surface area (Å²) in [5.74, 6) is -0.643. The molecule has 0 spiro atoms. The van der Waals surface area contributed by atoms with E-state index >= 15 is 0 Å². The molecule has 7 nitrogen and oxygen atoms in total. The minimum atomic E-state index is -0.676. The molecule has 0 N–H and O–H groups in total. The quantitative estimate of drug-likeness (QED) is 0.230. The zero-order valence-corrected chi connectivity index (χ0v) is 19.4. The van der Waals surface area contributed by atoms with Crippen molar-refractivity contribution in [3.8, 4) is 11.5 Å².